The molecule has 1 aliphatic heterocycles. The van der Waals surface area contributed by atoms with Gasteiger partial charge in [-0.25, -0.2) is 13.6 Å². The first kappa shape index (κ1) is 18.8. The van der Waals surface area contributed by atoms with Crippen molar-refractivity contribution in [3.8, 4) is 0 Å². The molecule has 0 spiro atoms. The van der Waals surface area contributed by atoms with E-state index in [1.807, 2.05) is 0 Å². The van der Waals surface area contributed by atoms with Crippen LogP contribution in [0.15, 0.2) is 41.3 Å². The van der Waals surface area contributed by atoms with E-state index in [1.54, 1.807) is 21.9 Å². The summed E-state index contributed by atoms with van der Waals surface area (Å²) in [6.45, 7) is 1.66. The van der Waals surface area contributed by atoms with E-state index in [9.17, 15) is 18.0 Å². The number of nitrogens with two attached hydrogens (primary N) is 1. The number of hydrogen-bond donors (Lipinski definition) is 1. The average Bonchev–Trinajstić information content (AvgIpc) is 3.06. The molecule has 1 aromatic heterocycles. The maximum atomic E-state index is 12.5. The number of carbonyl (C=O) groups is 2. The first-order valence-corrected chi connectivity index (χ1v) is 10.5. The number of thiophene rings is 1. The zero-order valence-electron chi connectivity index (χ0n) is 13.6. The first-order chi connectivity index (χ1) is 12.3. The number of nitrogens with zero attached hydrogens (tertiary/aromatic N) is 2. The zero-order chi connectivity index (χ0) is 18.9. The van der Waals surface area contributed by atoms with Gasteiger partial charge in [-0.05, 0) is 36.4 Å². The van der Waals surface area contributed by atoms with Gasteiger partial charge in [0.1, 0.15) is 0 Å². The van der Waals surface area contributed by atoms with Crippen molar-refractivity contribution in [3.05, 3.63) is 51.2 Å². The third kappa shape index (κ3) is 4.07. The Hall–Kier alpha value is -1.94. The molecule has 1 saturated heterocycles. The van der Waals surface area contributed by atoms with E-state index in [-0.39, 0.29) is 16.7 Å². The van der Waals surface area contributed by atoms with Crippen LogP contribution in [0.4, 0.5) is 0 Å². The van der Waals surface area contributed by atoms with Crippen LogP contribution in [0, 0.1) is 0 Å². The number of primary sulfonamides is 1. The Bertz CT molecular complexity index is 933. The highest BCUT2D eigenvalue weighted by Crippen LogP contribution is 2.23. The molecule has 2 N–H and O–H groups in total. The SMILES string of the molecule is NS(=O)(=O)c1ccc(C(=O)N2CCN(C(=O)c3ccc(Cl)s3)CC2)cc1. The number of hydrogen-bond acceptors (Lipinski definition) is 5. The molecule has 10 heteroatoms. The fourth-order valence-electron chi connectivity index (χ4n) is 2.67. The second-order valence-electron chi connectivity index (χ2n) is 5.76. The smallest absolute Gasteiger partial charge is 0.264 e. The van der Waals surface area contributed by atoms with Crippen molar-refractivity contribution in [1.82, 2.24) is 9.80 Å². The Labute approximate surface area is 160 Å². The maximum Gasteiger partial charge on any atom is 0.264 e. The summed E-state index contributed by atoms with van der Waals surface area (Å²) in [4.78, 5) is 28.8. The van der Waals surface area contributed by atoms with Crippen LogP contribution >= 0.6 is 22.9 Å². The summed E-state index contributed by atoms with van der Waals surface area (Å²) < 4.78 is 23.1. The van der Waals surface area contributed by atoms with Gasteiger partial charge in [0.25, 0.3) is 11.8 Å². The second kappa shape index (κ2) is 7.36. The molecule has 7 nitrogen and oxygen atoms in total. The van der Waals surface area contributed by atoms with Crippen molar-refractivity contribution in [2.24, 2.45) is 5.14 Å². The summed E-state index contributed by atoms with van der Waals surface area (Å²) in [7, 11) is -3.79. The molecular formula is C16H16ClN3O4S2. The Balaban J connectivity index is 1.62. The number of halogens is 1. The van der Waals surface area contributed by atoms with E-state index in [1.165, 1.54) is 35.6 Å². The van der Waals surface area contributed by atoms with Gasteiger partial charge < -0.3 is 9.80 Å². The van der Waals surface area contributed by atoms with Gasteiger partial charge in [0.15, 0.2) is 0 Å². The third-order valence-corrected chi connectivity index (χ3v) is 6.22. The lowest BCUT2D eigenvalue weighted by atomic mass is 10.2. The summed E-state index contributed by atoms with van der Waals surface area (Å²) >= 11 is 7.10. The fourth-order valence-corrected chi connectivity index (χ4v) is 4.19. The number of amides is 2. The molecule has 0 radical (unpaired) electrons. The lowest BCUT2D eigenvalue weighted by molar-refractivity contribution is 0.0538. The average molecular weight is 414 g/mol. The fraction of sp³-hybridized carbons (Fsp3) is 0.250. The molecule has 0 aliphatic carbocycles. The van der Waals surface area contributed by atoms with E-state index in [0.717, 1.165) is 0 Å². The number of benzene rings is 1. The largest absolute Gasteiger partial charge is 0.335 e. The van der Waals surface area contributed by atoms with Crippen LogP contribution in [0.5, 0.6) is 0 Å². The van der Waals surface area contributed by atoms with Gasteiger partial charge in [-0.3, -0.25) is 9.59 Å². The summed E-state index contributed by atoms with van der Waals surface area (Å²) in [5.41, 5.74) is 0.377. The van der Waals surface area contributed by atoms with E-state index in [0.29, 0.717) is 41.0 Å². The van der Waals surface area contributed by atoms with E-state index in [2.05, 4.69) is 0 Å². The molecule has 1 aliphatic rings. The standard InChI is InChI=1S/C16H16ClN3O4S2/c17-14-6-5-13(25-14)16(22)20-9-7-19(8-10-20)15(21)11-1-3-12(4-2-11)26(18,23)24/h1-6H,7-10H2,(H2,18,23,24). The molecule has 138 valence electrons. The summed E-state index contributed by atoms with van der Waals surface area (Å²) in [6.07, 6.45) is 0. The highest BCUT2D eigenvalue weighted by molar-refractivity contribution is 7.89. The predicted molar refractivity (Wildman–Crippen MR) is 99.0 cm³/mol. The topological polar surface area (TPSA) is 101 Å². The second-order valence-corrected chi connectivity index (χ2v) is 9.03. The van der Waals surface area contributed by atoms with Crippen molar-refractivity contribution in [2.45, 2.75) is 4.90 Å². The molecule has 0 unspecified atom stereocenters. The van der Waals surface area contributed by atoms with Crippen LogP contribution < -0.4 is 5.14 Å². The molecule has 1 fully saturated rings. The quantitative estimate of drug-likeness (QED) is 0.826. The van der Waals surface area contributed by atoms with Gasteiger partial charge in [-0.2, -0.15) is 0 Å². The third-order valence-electron chi connectivity index (χ3n) is 4.07. The summed E-state index contributed by atoms with van der Waals surface area (Å²) in [5.74, 6) is -0.302. The predicted octanol–water partition coefficient (Wildman–Crippen LogP) is 1.65. The van der Waals surface area contributed by atoms with Crippen LogP contribution in [0.3, 0.4) is 0 Å². The molecule has 3 rings (SSSR count). The summed E-state index contributed by atoms with van der Waals surface area (Å²) in [5, 5.41) is 5.05. The number of rotatable bonds is 3. The first-order valence-electron chi connectivity index (χ1n) is 7.72. The monoisotopic (exact) mass is 413 g/mol. The molecule has 0 saturated carbocycles. The maximum absolute atomic E-state index is 12.5. The number of sulfonamides is 1. The van der Waals surface area contributed by atoms with Gasteiger partial charge in [0, 0.05) is 31.7 Å². The molecule has 2 heterocycles. The minimum Gasteiger partial charge on any atom is -0.335 e. The van der Waals surface area contributed by atoms with Crippen LogP contribution in [0.1, 0.15) is 20.0 Å². The van der Waals surface area contributed by atoms with Gasteiger partial charge in [-0.15, -0.1) is 11.3 Å². The van der Waals surface area contributed by atoms with Crippen molar-refractivity contribution in [1.29, 1.82) is 0 Å². The van der Waals surface area contributed by atoms with Crippen molar-refractivity contribution in [2.75, 3.05) is 26.2 Å². The van der Waals surface area contributed by atoms with Gasteiger partial charge >= 0.3 is 0 Å². The summed E-state index contributed by atoms with van der Waals surface area (Å²) in [6, 6.07) is 8.87. The normalized spacial score (nSPS) is 15.2. The van der Waals surface area contributed by atoms with Gasteiger partial charge in [0.2, 0.25) is 10.0 Å². The van der Waals surface area contributed by atoms with Crippen LogP contribution in [-0.4, -0.2) is 56.2 Å². The Morgan fingerprint density at radius 3 is 1.92 bits per heavy atom. The van der Waals surface area contributed by atoms with E-state index >= 15 is 0 Å². The van der Waals surface area contributed by atoms with Crippen LogP contribution in [0.25, 0.3) is 0 Å². The molecule has 0 atom stereocenters. The Kier molecular flexibility index (Phi) is 5.33. The van der Waals surface area contributed by atoms with E-state index in [4.69, 9.17) is 16.7 Å². The van der Waals surface area contributed by atoms with Crippen molar-refractivity contribution in [3.63, 3.8) is 0 Å². The van der Waals surface area contributed by atoms with E-state index < -0.39 is 10.0 Å². The lowest BCUT2D eigenvalue weighted by Crippen LogP contribution is -2.50. The zero-order valence-corrected chi connectivity index (χ0v) is 16.0. The van der Waals surface area contributed by atoms with Gasteiger partial charge in [0.05, 0.1) is 14.1 Å². The lowest BCUT2D eigenvalue weighted by Gasteiger charge is -2.34. The molecule has 0 bridgehead atoms. The highest BCUT2D eigenvalue weighted by Gasteiger charge is 2.26. The van der Waals surface area contributed by atoms with Crippen LogP contribution in [0.2, 0.25) is 4.34 Å². The molecular weight excluding hydrogens is 398 g/mol. The Morgan fingerprint density at radius 1 is 0.923 bits per heavy atom. The minimum absolute atomic E-state index is 0.0425. The molecule has 1 aromatic carbocycles. The number of carbonyl (C=O) groups excluding carboxylic acids is 2. The minimum atomic E-state index is -3.79. The number of piperazine rings is 1. The highest BCUT2D eigenvalue weighted by atomic mass is 35.5. The molecule has 26 heavy (non-hydrogen) atoms. The Morgan fingerprint density at radius 2 is 1.46 bits per heavy atom. The van der Waals surface area contributed by atoms with Crippen molar-refractivity contribution >= 4 is 44.8 Å². The molecule has 2 amide bonds. The molecule has 2 aromatic rings. The van der Waals surface area contributed by atoms with Crippen molar-refractivity contribution < 1.29 is 18.0 Å². The van der Waals surface area contributed by atoms with Gasteiger partial charge in [-0.1, -0.05) is 11.6 Å². The van der Waals surface area contributed by atoms with Crippen LogP contribution in [-0.2, 0) is 10.0 Å².